The van der Waals surface area contributed by atoms with Crippen LogP contribution >= 0.6 is 0 Å². The third-order valence-corrected chi connectivity index (χ3v) is 1.68. The third-order valence-electron chi connectivity index (χ3n) is 1.68. The van der Waals surface area contributed by atoms with E-state index in [0.717, 1.165) is 5.01 Å². The van der Waals surface area contributed by atoms with Gasteiger partial charge in [-0.3, -0.25) is 9.59 Å². The van der Waals surface area contributed by atoms with Gasteiger partial charge in [0.05, 0.1) is 0 Å². The van der Waals surface area contributed by atoms with Crippen molar-refractivity contribution >= 4 is 5.69 Å². The highest BCUT2D eigenvalue weighted by molar-refractivity contribution is 5.62. The topological polar surface area (TPSA) is 83.6 Å². The number of nitrogens with two attached hydrogens (primary N) is 1. The Labute approximate surface area is 68.7 Å². The van der Waals surface area contributed by atoms with Crippen molar-refractivity contribution < 1.29 is 5.11 Å². The summed E-state index contributed by atoms with van der Waals surface area (Å²) in [7, 11) is 0. The summed E-state index contributed by atoms with van der Waals surface area (Å²) in [6.45, 7) is 3.49. The molecule has 0 saturated heterocycles. The van der Waals surface area contributed by atoms with E-state index in [0.29, 0.717) is 0 Å². The molecule has 0 saturated carbocycles. The number of aromatic hydroxyl groups is 1. The lowest BCUT2D eigenvalue weighted by Gasteiger charge is -2.23. The van der Waals surface area contributed by atoms with Crippen molar-refractivity contribution in [2.24, 2.45) is 5.84 Å². The van der Waals surface area contributed by atoms with Gasteiger partial charge in [-0.25, -0.2) is 5.84 Å². The Morgan fingerprint density at radius 2 is 1.83 bits per heavy atom. The first kappa shape index (κ1) is 8.73. The zero-order chi connectivity index (χ0) is 9.46. The molecular weight excluding hydrogens is 160 g/mol. The Morgan fingerprint density at radius 1 is 1.33 bits per heavy atom. The van der Waals surface area contributed by atoms with Gasteiger partial charge in [0.2, 0.25) is 0 Å². The zero-order valence-corrected chi connectivity index (χ0v) is 6.87. The molecule has 66 valence electrons. The van der Waals surface area contributed by atoms with E-state index < -0.39 is 16.6 Å². The van der Waals surface area contributed by atoms with Gasteiger partial charge in [-0.1, -0.05) is 0 Å². The van der Waals surface area contributed by atoms with Crippen molar-refractivity contribution in [3.63, 3.8) is 0 Å². The Morgan fingerprint density at radius 3 is 2.17 bits per heavy atom. The number of rotatable bonds is 2. The molecule has 0 atom stereocenters. The Hall–Kier alpha value is -1.36. The smallest absolute Gasteiger partial charge is 0.271 e. The number of anilines is 1. The number of hydrazine groups is 1. The molecule has 0 radical (unpaired) electrons. The summed E-state index contributed by atoms with van der Waals surface area (Å²) >= 11 is 0. The summed E-state index contributed by atoms with van der Waals surface area (Å²) in [5.74, 6) is 4.88. The second-order valence-corrected chi connectivity index (χ2v) is 2.86. The Bertz CT molecular complexity index is 363. The van der Waals surface area contributed by atoms with Crippen LogP contribution in [0, 0.1) is 0 Å². The van der Waals surface area contributed by atoms with E-state index in [2.05, 4.69) is 0 Å². The first-order valence-corrected chi connectivity index (χ1v) is 3.53. The minimum Gasteiger partial charge on any atom is -0.502 e. The molecule has 0 aromatic heterocycles. The predicted molar refractivity (Wildman–Crippen MR) is 44.8 cm³/mol. The molecule has 0 aliphatic carbocycles. The van der Waals surface area contributed by atoms with E-state index in [-0.39, 0.29) is 11.7 Å². The fourth-order valence-corrected chi connectivity index (χ4v) is 0.865. The van der Waals surface area contributed by atoms with E-state index in [9.17, 15) is 9.59 Å². The summed E-state index contributed by atoms with van der Waals surface area (Å²) in [6, 6.07) is -0.126. The summed E-state index contributed by atoms with van der Waals surface area (Å²) < 4.78 is 0. The fraction of sp³-hybridized carbons (Fsp3) is 0.429. The van der Waals surface area contributed by atoms with E-state index in [1.165, 1.54) is 0 Å². The van der Waals surface area contributed by atoms with Crippen LogP contribution in [0.15, 0.2) is 9.59 Å². The second-order valence-electron chi connectivity index (χ2n) is 2.86. The van der Waals surface area contributed by atoms with Crippen molar-refractivity contribution in [2.75, 3.05) is 5.01 Å². The van der Waals surface area contributed by atoms with Gasteiger partial charge >= 0.3 is 0 Å². The van der Waals surface area contributed by atoms with Crippen molar-refractivity contribution in [1.29, 1.82) is 0 Å². The number of hydrogen-bond donors (Lipinski definition) is 2. The van der Waals surface area contributed by atoms with E-state index in [4.69, 9.17) is 10.9 Å². The molecule has 12 heavy (non-hydrogen) atoms. The molecule has 0 amide bonds. The number of hydrogen-bond acceptors (Lipinski definition) is 5. The Kier molecular flexibility index (Phi) is 1.89. The van der Waals surface area contributed by atoms with Crippen LogP contribution in [-0.2, 0) is 0 Å². The summed E-state index contributed by atoms with van der Waals surface area (Å²) in [5.41, 5.74) is -1.67. The van der Waals surface area contributed by atoms with Gasteiger partial charge in [0.1, 0.15) is 0 Å². The van der Waals surface area contributed by atoms with Crippen LogP contribution < -0.4 is 21.7 Å². The van der Waals surface area contributed by atoms with Crippen LogP contribution in [0.2, 0.25) is 0 Å². The summed E-state index contributed by atoms with van der Waals surface area (Å²) in [5, 5.41) is 10.0. The highest BCUT2D eigenvalue weighted by Gasteiger charge is 2.25. The molecule has 1 aromatic carbocycles. The van der Waals surface area contributed by atoms with Gasteiger partial charge in [-0.2, -0.15) is 0 Å². The summed E-state index contributed by atoms with van der Waals surface area (Å²) in [6.07, 6.45) is 0. The van der Waals surface area contributed by atoms with Gasteiger partial charge in [-0.15, -0.1) is 0 Å². The molecule has 0 aliphatic heterocycles. The largest absolute Gasteiger partial charge is 0.502 e. The van der Waals surface area contributed by atoms with Crippen molar-refractivity contribution in [1.82, 2.24) is 0 Å². The van der Waals surface area contributed by atoms with E-state index in [1.54, 1.807) is 13.8 Å². The molecule has 1 aromatic rings. The molecule has 0 aliphatic rings. The maximum Gasteiger partial charge on any atom is 0.271 e. The standard InChI is InChI=1S/C7H10N2O3/c1-3(2)9(8)4-5(10)7(12)6(4)11/h3,10H,8H2,1-2H3. The quantitative estimate of drug-likeness (QED) is 0.340. The number of nitrogens with zero attached hydrogens (tertiary/aromatic N) is 1. The normalized spacial score (nSPS) is 11.0. The predicted octanol–water partition coefficient (Wildman–Crippen LogP) is -0.923. The van der Waals surface area contributed by atoms with Gasteiger partial charge in [0, 0.05) is 6.04 Å². The lowest BCUT2D eigenvalue weighted by Crippen LogP contribution is -2.47. The first-order valence-electron chi connectivity index (χ1n) is 3.53. The molecule has 5 heteroatoms. The summed E-state index contributed by atoms with van der Waals surface area (Å²) in [4.78, 5) is 21.4. The van der Waals surface area contributed by atoms with Gasteiger partial charge in [-0.05, 0) is 13.8 Å². The zero-order valence-electron chi connectivity index (χ0n) is 6.87. The fourth-order valence-electron chi connectivity index (χ4n) is 0.865. The van der Waals surface area contributed by atoms with Crippen LogP contribution in [0.1, 0.15) is 13.8 Å². The molecule has 3 N–H and O–H groups in total. The van der Waals surface area contributed by atoms with Crippen molar-refractivity contribution in [2.45, 2.75) is 19.9 Å². The maximum atomic E-state index is 10.8. The molecule has 0 spiro atoms. The highest BCUT2D eigenvalue weighted by atomic mass is 16.3. The minimum atomic E-state index is -0.860. The average molecular weight is 170 g/mol. The van der Waals surface area contributed by atoms with Crippen LogP contribution in [0.4, 0.5) is 5.69 Å². The van der Waals surface area contributed by atoms with Crippen LogP contribution in [0.3, 0.4) is 0 Å². The molecule has 0 heterocycles. The van der Waals surface area contributed by atoms with Crippen molar-refractivity contribution in [3.8, 4) is 5.75 Å². The monoisotopic (exact) mass is 170 g/mol. The van der Waals surface area contributed by atoms with E-state index >= 15 is 0 Å². The Balaban J connectivity index is 3.07. The molecule has 5 nitrogen and oxygen atoms in total. The molecule has 0 bridgehead atoms. The SMILES string of the molecule is CC(C)N(N)c1c(O)c(=O)c1=O. The van der Waals surface area contributed by atoms with Gasteiger partial charge in [0.15, 0.2) is 11.4 Å². The minimum absolute atomic E-state index is 0.0880. The van der Waals surface area contributed by atoms with Gasteiger partial charge < -0.3 is 10.1 Å². The molecule has 0 unspecified atom stereocenters. The van der Waals surface area contributed by atoms with Crippen LogP contribution in [0.5, 0.6) is 5.75 Å². The van der Waals surface area contributed by atoms with Crippen LogP contribution in [-0.4, -0.2) is 11.1 Å². The van der Waals surface area contributed by atoms with Crippen molar-refractivity contribution in [3.05, 3.63) is 20.4 Å². The maximum absolute atomic E-state index is 10.8. The third kappa shape index (κ3) is 0.984. The van der Waals surface area contributed by atoms with E-state index in [1.807, 2.05) is 0 Å². The van der Waals surface area contributed by atoms with Crippen LogP contribution in [0.25, 0.3) is 0 Å². The molecule has 1 rings (SSSR count). The second kappa shape index (κ2) is 2.60. The lowest BCUT2D eigenvalue weighted by atomic mass is 10.2. The average Bonchev–Trinajstić information content (AvgIpc) is 2.03. The van der Waals surface area contributed by atoms with Gasteiger partial charge in [0.25, 0.3) is 10.9 Å². The highest BCUT2D eigenvalue weighted by Crippen LogP contribution is 2.19. The molecular formula is C7H10N2O3. The lowest BCUT2D eigenvalue weighted by molar-refractivity contribution is 0.459. The first-order chi connectivity index (χ1) is 5.46. The molecule has 0 fully saturated rings.